The van der Waals surface area contributed by atoms with Gasteiger partial charge in [-0.25, -0.2) is 0 Å². The highest BCUT2D eigenvalue weighted by atomic mass is 35.5. The highest BCUT2D eigenvalue weighted by Gasteiger charge is 2.13. The first kappa shape index (κ1) is 12.1. The van der Waals surface area contributed by atoms with Crippen LogP contribution in [0.4, 0.5) is 5.69 Å². The molecule has 0 aliphatic heterocycles. The van der Waals surface area contributed by atoms with Gasteiger partial charge in [-0.2, -0.15) is 0 Å². The molecule has 3 heteroatoms. The molecule has 82 valence electrons. The van der Waals surface area contributed by atoms with Crippen molar-refractivity contribution in [1.29, 1.82) is 0 Å². The van der Waals surface area contributed by atoms with Gasteiger partial charge in [-0.15, -0.1) is 11.6 Å². The Morgan fingerprint density at radius 3 is 2.40 bits per heavy atom. The van der Waals surface area contributed by atoms with Gasteiger partial charge in [0.1, 0.15) is 5.88 Å². The van der Waals surface area contributed by atoms with Crippen molar-refractivity contribution in [3.8, 4) is 0 Å². The first-order valence-electron chi connectivity index (χ1n) is 4.88. The van der Waals surface area contributed by atoms with Crippen LogP contribution in [0, 0.1) is 20.8 Å². The molecule has 15 heavy (non-hydrogen) atoms. The molecule has 1 aromatic carbocycles. The van der Waals surface area contributed by atoms with Crippen LogP contribution in [0.25, 0.3) is 0 Å². The number of aryl methyl sites for hydroxylation is 1. The van der Waals surface area contributed by atoms with Gasteiger partial charge in [0, 0.05) is 12.7 Å². The summed E-state index contributed by atoms with van der Waals surface area (Å²) in [5.74, 6) is -0.0638. The average molecular weight is 226 g/mol. The summed E-state index contributed by atoms with van der Waals surface area (Å²) in [7, 11) is 1.75. The minimum Gasteiger partial charge on any atom is -0.314 e. The Bertz CT molecular complexity index is 387. The fourth-order valence-electron chi connectivity index (χ4n) is 1.53. The Morgan fingerprint density at radius 2 is 1.87 bits per heavy atom. The van der Waals surface area contributed by atoms with E-state index in [-0.39, 0.29) is 11.8 Å². The quantitative estimate of drug-likeness (QED) is 0.709. The minimum atomic E-state index is -0.0805. The molecular weight excluding hydrogens is 210 g/mol. The number of hydrogen-bond donors (Lipinski definition) is 0. The molecule has 0 N–H and O–H groups in total. The molecule has 1 rings (SSSR count). The Labute approximate surface area is 95.8 Å². The van der Waals surface area contributed by atoms with Crippen LogP contribution in [0.15, 0.2) is 12.1 Å². The largest absolute Gasteiger partial charge is 0.314 e. The van der Waals surface area contributed by atoms with Gasteiger partial charge in [0.2, 0.25) is 5.91 Å². The third kappa shape index (κ3) is 2.32. The van der Waals surface area contributed by atoms with E-state index >= 15 is 0 Å². The van der Waals surface area contributed by atoms with E-state index in [0.717, 1.165) is 11.3 Å². The van der Waals surface area contributed by atoms with E-state index in [1.165, 1.54) is 11.1 Å². The van der Waals surface area contributed by atoms with E-state index in [0.29, 0.717) is 0 Å². The van der Waals surface area contributed by atoms with Crippen LogP contribution in [-0.2, 0) is 4.79 Å². The van der Waals surface area contributed by atoms with Crippen LogP contribution in [0.1, 0.15) is 16.7 Å². The molecule has 0 aromatic heterocycles. The molecule has 0 spiro atoms. The number of amides is 1. The van der Waals surface area contributed by atoms with Crippen LogP contribution in [-0.4, -0.2) is 18.8 Å². The zero-order valence-corrected chi connectivity index (χ0v) is 10.4. The van der Waals surface area contributed by atoms with Crippen molar-refractivity contribution < 1.29 is 4.79 Å². The van der Waals surface area contributed by atoms with Crippen LogP contribution in [0.3, 0.4) is 0 Å². The average Bonchev–Trinajstić information content (AvgIpc) is 2.24. The Balaban J connectivity index is 3.16. The van der Waals surface area contributed by atoms with Gasteiger partial charge in [-0.05, 0) is 43.5 Å². The Kier molecular flexibility index (Phi) is 3.75. The summed E-state index contributed by atoms with van der Waals surface area (Å²) in [5, 5.41) is 0. The zero-order chi connectivity index (χ0) is 11.6. The predicted octanol–water partition coefficient (Wildman–Crippen LogP) is 2.81. The topological polar surface area (TPSA) is 20.3 Å². The fourth-order valence-corrected chi connectivity index (χ4v) is 1.71. The first-order chi connectivity index (χ1) is 6.99. The van der Waals surface area contributed by atoms with Crippen molar-refractivity contribution in [1.82, 2.24) is 0 Å². The van der Waals surface area contributed by atoms with Gasteiger partial charge in [0.15, 0.2) is 0 Å². The minimum absolute atomic E-state index is 0.0167. The lowest BCUT2D eigenvalue weighted by atomic mass is 10.0. The lowest BCUT2D eigenvalue weighted by Crippen LogP contribution is -2.28. The van der Waals surface area contributed by atoms with Gasteiger partial charge < -0.3 is 4.90 Å². The van der Waals surface area contributed by atoms with Gasteiger partial charge in [-0.1, -0.05) is 6.07 Å². The van der Waals surface area contributed by atoms with E-state index in [1.807, 2.05) is 19.1 Å². The van der Waals surface area contributed by atoms with Crippen molar-refractivity contribution in [3.05, 3.63) is 28.8 Å². The van der Waals surface area contributed by atoms with E-state index in [4.69, 9.17) is 11.6 Å². The number of carbonyl (C=O) groups excluding carboxylic acids is 1. The molecule has 0 fully saturated rings. The SMILES string of the molecule is Cc1ccc(N(C)C(=O)CCl)c(C)c1C. The highest BCUT2D eigenvalue weighted by Crippen LogP contribution is 2.24. The van der Waals surface area contributed by atoms with Crippen molar-refractivity contribution in [2.75, 3.05) is 17.8 Å². The molecule has 0 saturated heterocycles. The molecule has 0 saturated carbocycles. The second-order valence-electron chi connectivity index (χ2n) is 3.74. The van der Waals surface area contributed by atoms with Crippen LogP contribution in [0.5, 0.6) is 0 Å². The number of anilines is 1. The van der Waals surface area contributed by atoms with Crippen molar-refractivity contribution in [3.63, 3.8) is 0 Å². The zero-order valence-electron chi connectivity index (χ0n) is 9.60. The number of alkyl halides is 1. The number of hydrogen-bond acceptors (Lipinski definition) is 1. The van der Waals surface area contributed by atoms with Gasteiger partial charge >= 0.3 is 0 Å². The third-order valence-electron chi connectivity index (χ3n) is 2.88. The second kappa shape index (κ2) is 4.67. The molecule has 0 radical (unpaired) electrons. The molecule has 0 unspecified atom stereocenters. The first-order valence-corrected chi connectivity index (χ1v) is 5.41. The monoisotopic (exact) mass is 225 g/mol. The summed E-state index contributed by atoms with van der Waals surface area (Å²) in [6.45, 7) is 6.15. The summed E-state index contributed by atoms with van der Waals surface area (Å²) in [4.78, 5) is 13.1. The maximum atomic E-state index is 11.5. The number of benzene rings is 1. The smallest absolute Gasteiger partial charge is 0.241 e. The van der Waals surface area contributed by atoms with E-state index in [9.17, 15) is 4.79 Å². The molecule has 0 bridgehead atoms. The molecule has 2 nitrogen and oxygen atoms in total. The molecule has 0 aliphatic carbocycles. The maximum absolute atomic E-state index is 11.5. The predicted molar refractivity (Wildman–Crippen MR) is 64.8 cm³/mol. The van der Waals surface area contributed by atoms with Crippen LogP contribution < -0.4 is 4.90 Å². The number of nitrogens with zero attached hydrogens (tertiary/aromatic N) is 1. The molecule has 0 heterocycles. The lowest BCUT2D eigenvalue weighted by Gasteiger charge is -2.20. The third-order valence-corrected chi connectivity index (χ3v) is 3.11. The highest BCUT2D eigenvalue weighted by molar-refractivity contribution is 6.29. The van der Waals surface area contributed by atoms with Crippen LogP contribution >= 0.6 is 11.6 Å². The standard InChI is InChI=1S/C12H16ClNO/c1-8-5-6-11(10(3)9(8)2)14(4)12(15)7-13/h5-6H,7H2,1-4H3. The molecule has 0 aliphatic rings. The summed E-state index contributed by atoms with van der Waals surface area (Å²) in [6.07, 6.45) is 0. The molecule has 0 atom stereocenters. The number of rotatable bonds is 2. The van der Waals surface area contributed by atoms with Gasteiger partial charge in [0.05, 0.1) is 0 Å². The van der Waals surface area contributed by atoms with E-state index < -0.39 is 0 Å². The Hall–Kier alpha value is -1.02. The second-order valence-corrected chi connectivity index (χ2v) is 4.01. The fraction of sp³-hybridized carbons (Fsp3) is 0.417. The summed E-state index contributed by atoms with van der Waals surface area (Å²) < 4.78 is 0. The molecule has 1 aromatic rings. The maximum Gasteiger partial charge on any atom is 0.241 e. The van der Waals surface area contributed by atoms with Crippen LogP contribution in [0.2, 0.25) is 0 Å². The number of carbonyl (C=O) groups is 1. The van der Waals surface area contributed by atoms with Crippen molar-refractivity contribution >= 4 is 23.2 Å². The summed E-state index contributed by atoms with van der Waals surface area (Å²) >= 11 is 5.53. The summed E-state index contributed by atoms with van der Waals surface area (Å²) in [6, 6.07) is 3.98. The van der Waals surface area contributed by atoms with E-state index in [1.54, 1.807) is 11.9 Å². The molecular formula is C12H16ClNO. The van der Waals surface area contributed by atoms with E-state index in [2.05, 4.69) is 13.8 Å². The van der Waals surface area contributed by atoms with Crippen molar-refractivity contribution in [2.45, 2.75) is 20.8 Å². The number of halogens is 1. The van der Waals surface area contributed by atoms with Gasteiger partial charge in [0.25, 0.3) is 0 Å². The lowest BCUT2D eigenvalue weighted by molar-refractivity contribution is -0.116. The van der Waals surface area contributed by atoms with Crippen molar-refractivity contribution in [2.24, 2.45) is 0 Å². The molecule has 1 amide bonds. The summed E-state index contributed by atoms with van der Waals surface area (Å²) in [5.41, 5.74) is 4.53. The Morgan fingerprint density at radius 1 is 1.27 bits per heavy atom. The van der Waals surface area contributed by atoms with Gasteiger partial charge in [-0.3, -0.25) is 4.79 Å². The normalized spacial score (nSPS) is 10.2.